The molecule has 1 fully saturated rings. The molecule has 2 aromatic carbocycles. The third-order valence-corrected chi connectivity index (χ3v) is 6.89. The number of hydrogen-bond donors (Lipinski definition) is 0. The lowest BCUT2D eigenvalue weighted by molar-refractivity contribution is -0.156. The van der Waals surface area contributed by atoms with Crippen LogP contribution in [0.2, 0.25) is 0 Å². The van der Waals surface area contributed by atoms with Gasteiger partial charge in [-0.15, -0.1) is 0 Å². The van der Waals surface area contributed by atoms with E-state index in [-0.39, 0.29) is 11.9 Å². The van der Waals surface area contributed by atoms with Gasteiger partial charge in [0.1, 0.15) is 5.76 Å². The van der Waals surface area contributed by atoms with Crippen LogP contribution in [-0.4, -0.2) is 5.97 Å². The van der Waals surface area contributed by atoms with E-state index in [1.807, 2.05) is 36.4 Å². The van der Waals surface area contributed by atoms with Crippen LogP contribution in [0.15, 0.2) is 75.4 Å². The van der Waals surface area contributed by atoms with Crippen LogP contribution in [0.1, 0.15) is 49.1 Å². The van der Waals surface area contributed by atoms with Crippen molar-refractivity contribution < 1.29 is 9.53 Å². The Morgan fingerprint density at radius 2 is 1.46 bits per heavy atom. The highest BCUT2D eigenvalue weighted by Crippen LogP contribution is 2.52. The molecule has 0 N–H and O–H groups in total. The van der Waals surface area contributed by atoms with E-state index in [1.165, 1.54) is 12.0 Å². The molecular weight excluding hydrogens is 480 g/mol. The molecule has 4 rings (SSSR count). The van der Waals surface area contributed by atoms with Gasteiger partial charge in [0.05, 0.1) is 5.41 Å². The van der Waals surface area contributed by atoms with Gasteiger partial charge in [-0.3, -0.25) is 4.79 Å². The lowest BCUT2D eigenvalue weighted by Gasteiger charge is -2.43. The molecule has 0 bridgehead atoms. The van der Waals surface area contributed by atoms with Crippen molar-refractivity contribution in [3.8, 4) is 0 Å². The van der Waals surface area contributed by atoms with Crippen LogP contribution < -0.4 is 0 Å². The van der Waals surface area contributed by atoms with Gasteiger partial charge < -0.3 is 4.74 Å². The first-order valence-corrected chi connectivity index (χ1v) is 11.3. The second-order valence-corrected chi connectivity index (χ2v) is 9.42. The van der Waals surface area contributed by atoms with E-state index in [1.54, 1.807) is 0 Å². The summed E-state index contributed by atoms with van der Waals surface area (Å²) in [7, 11) is 0. The molecule has 0 radical (unpaired) electrons. The largest absolute Gasteiger partial charge is 0.426 e. The summed E-state index contributed by atoms with van der Waals surface area (Å²) in [6.45, 7) is 0. The summed E-state index contributed by atoms with van der Waals surface area (Å²) < 4.78 is 7.91. The van der Waals surface area contributed by atoms with Gasteiger partial charge in [0.2, 0.25) is 0 Å². The Hall–Kier alpha value is -1.65. The maximum Gasteiger partial charge on any atom is 0.318 e. The van der Waals surface area contributed by atoms with Gasteiger partial charge >= 0.3 is 5.97 Å². The molecule has 4 heteroatoms. The van der Waals surface area contributed by atoms with Crippen molar-refractivity contribution in [2.75, 3.05) is 0 Å². The average molecular weight is 502 g/mol. The predicted octanol–water partition coefficient (Wildman–Crippen LogP) is 7.40. The van der Waals surface area contributed by atoms with Gasteiger partial charge in [-0.05, 0) is 60.4 Å². The molecule has 1 saturated carbocycles. The summed E-state index contributed by atoms with van der Waals surface area (Å²) in [4.78, 5) is 13.2. The van der Waals surface area contributed by atoms with Crippen molar-refractivity contribution in [1.29, 1.82) is 0 Å². The molecular formula is C24H22Br2O2. The Kier molecular flexibility index (Phi) is 5.88. The minimum Gasteiger partial charge on any atom is -0.426 e. The highest BCUT2D eigenvalue weighted by Gasteiger charge is 2.49. The van der Waals surface area contributed by atoms with Crippen molar-refractivity contribution in [2.24, 2.45) is 5.41 Å². The van der Waals surface area contributed by atoms with E-state index in [0.29, 0.717) is 5.76 Å². The first-order valence-electron chi connectivity index (χ1n) is 9.70. The average Bonchev–Trinajstić information content (AvgIpc) is 2.71. The standard InChI is InChI=1S/C24H22Br2O2/c25-19-9-4-17(5-10-19)6-13-21-16-22(18-7-11-20(26)12-8-18)24(23(27)28-21)14-2-1-3-15-24/h4-13,16,22H,1-3,14-15H2. The van der Waals surface area contributed by atoms with Crippen LogP contribution in [-0.2, 0) is 9.53 Å². The molecule has 1 spiro atoms. The first kappa shape index (κ1) is 19.7. The summed E-state index contributed by atoms with van der Waals surface area (Å²) in [6.07, 6.45) is 11.2. The Bertz CT molecular complexity index is 905. The number of carbonyl (C=O) groups excluding carboxylic acids is 1. The maximum absolute atomic E-state index is 13.2. The molecule has 2 aliphatic rings. The highest BCUT2D eigenvalue weighted by molar-refractivity contribution is 9.10. The lowest BCUT2D eigenvalue weighted by Crippen LogP contribution is -2.42. The molecule has 144 valence electrons. The summed E-state index contributed by atoms with van der Waals surface area (Å²) >= 11 is 6.97. The minimum atomic E-state index is -0.430. The monoisotopic (exact) mass is 500 g/mol. The SMILES string of the molecule is O=C1OC(C=Cc2ccc(Br)cc2)=CC(c2ccc(Br)cc2)C12CCCCC2. The molecule has 1 heterocycles. The Balaban J connectivity index is 1.70. The molecule has 1 aliphatic heterocycles. The van der Waals surface area contributed by atoms with E-state index in [9.17, 15) is 4.79 Å². The predicted molar refractivity (Wildman–Crippen MR) is 120 cm³/mol. The normalized spacial score (nSPS) is 21.6. The zero-order chi connectivity index (χ0) is 19.6. The zero-order valence-electron chi connectivity index (χ0n) is 15.5. The van der Waals surface area contributed by atoms with Crippen molar-refractivity contribution in [2.45, 2.75) is 38.0 Å². The number of rotatable bonds is 3. The fraction of sp³-hybridized carbons (Fsp3) is 0.292. The van der Waals surface area contributed by atoms with Crippen LogP contribution in [0.3, 0.4) is 0 Å². The number of benzene rings is 2. The second-order valence-electron chi connectivity index (χ2n) is 7.59. The summed E-state index contributed by atoms with van der Waals surface area (Å²) in [6, 6.07) is 16.4. The van der Waals surface area contributed by atoms with Crippen molar-refractivity contribution in [3.05, 3.63) is 86.5 Å². The smallest absolute Gasteiger partial charge is 0.318 e. The number of halogens is 2. The number of carbonyl (C=O) groups is 1. The number of ether oxygens (including phenoxy) is 1. The molecule has 0 saturated heterocycles. The number of esters is 1. The van der Waals surface area contributed by atoms with Crippen LogP contribution >= 0.6 is 31.9 Å². The number of allylic oxidation sites excluding steroid dienone is 2. The molecule has 1 unspecified atom stereocenters. The van der Waals surface area contributed by atoms with Crippen LogP contribution in [0, 0.1) is 5.41 Å². The third-order valence-electron chi connectivity index (χ3n) is 5.83. The van der Waals surface area contributed by atoms with E-state index >= 15 is 0 Å². The van der Waals surface area contributed by atoms with Gasteiger partial charge in [0, 0.05) is 14.9 Å². The number of hydrogen-bond acceptors (Lipinski definition) is 2. The molecule has 28 heavy (non-hydrogen) atoms. The maximum atomic E-state index is 13.2. The summed E-state index contributed by atoms with van der Waals surface area (Å²) in [5, 5.41) is 0. The van der Waals surface area contributed by atoms with Gasteiger partial charge in [-0.25, -0.2) is 0 Å². The van der Waals surface area contributed by atoms with Crippen LogP contribution in [0.5, 0.6) is 0 Å². The highest BCUT2D eigenvalue weighted by atomic mass is 79.9. The Morgan fingerprint density at radius 3 is 2.11 bits per heavy atom. The van der Waals surface area contributed by atoms with Gasteiger partial charge in [0.15, 0.2) is 0 Å². The second kappa shape index (κ2) is 8.38. The van der Waals surface area contributed by atoms with Crippen molar-refractivity contribution in [3.63, 3.8) is 0 Å². The van der Waals surface area contributed by atoms with E-state index < -0.39 is 5.41 Å². The fourth-order valence-corrected chi connectivity index (χ4v) is 4.85. The van der Waals surface area contributed by atoms with E-state index in [0.717, 1.165) is 40.2 Å². The molecule has 1 atom stereocenters. The summed E-state index contributed by atoms with van der Waals surface area (Å²) in [5.74, 6) is 0.613. The molecule has 2 nitrogen and oxygen atoms in total. The van der Waals surface area contributed by atoms with Crippen molar-refractivity contribution >= 4 is 43.9 Å². The topological polar surface area (TPSA) is 26.3 Å². The molecule has 1 aliphatic carbocycles. The summed E-state index contributed by atoms with van der Waals surface area (Å²) in [5.41, 5.74) is 1.82. The lowest BCUT2D eigenvalue weighted by atomic mass is 9.62. The first-order chi connectivity index (χ1) is 13.6. The molecule has 0 amide bonds. The van der Waals surface area contributed by atoms with Gasteiger partial charge in [-0.1, -0.05) is 81.5 Å². The fourth-order valence-electron chi connectivity index (χ4n) is 4.32. The van der Waals surface area contributed by atoms with E-state index in [4.69, 9.17) is 4.74 Å². The third kappa shape index (κ3) is 4.04. The van der Waals surface area contributed by atoms with Gasteiger partial charge in [0.25, 0.3) is 0 Å². The van der Waals surface area contributed by atoms with Crippen molar-refractivity contribution in [1.82, 2.24) is 0 Å². The van der Waals surface area contributed by atoms with E-state index in [2.05, 4.69) is 62.2 Å². The molecule has 0 aromatic heterocycles. The zero-order valence-corrected chi connectivity index (χ0v) is 18.7. The Labute approximate surface area is 182 Å². The number of cyclic esters (lactones) is 1. The Morgan fingerprint density at radius 1 is 0.857 bits per heavy atom. The van der Waals surface area contributed by atoms with Crippen LogP contribution in [0.4, 0.5) is 0 Å². The molecule has 2 aromatic rings. The minimum absolute atomic E-state index is 0.0479. The van der Waals surface area contributed by atoms with Crippen LogP contribution in [0.25, 0.3) is 6.08 Å². The quantitative estimate of drug-likeness (QED) is 0.409. The van der Waals surface area contributed by atoms with Gasteiger partial charge in [-0.2, -0.15) is 0 Å².